The summed E-state index contributed by atoms with van der Waals surface area (Å²) in [6.07, 6.45) is 0.707. The Morgan fingerprint density at radius 2 is 1.60 bits per heavy atom. The number of carboxylic acid groups (broad SMARTS) is 1. The Kier molecular flexibility index (Phi) is 5.29. The second kappa shape index (κ2) is 6.36. The van der Waals surface area contributed by atoms with Gasteiger partial charge in [-0.2, -0.15) is 0 Å². The first-order valence-electron chi connectivity index (χ1n) is 5.76. The molecular formula is C12H16O6S2. The number of sulfone groups is 2. The molecule has 8 heteroatoms. The van der Waals surface area contributed by atoms with Crippen molar-refractivity contribution in [3.63, 3.8) is 0 Å². The molecule has 0 unspecified atom stereocenters. The molecule has 1 rings (SSSR count). The molecular weight excluding hydrogens is 304 g/mol. The number of rotatable bonds is 7. The van der Waals surface area contributed by atoms with Gasteiger partial charge in [-0.3, -0.25) is 4.79 Å². The van der Waals surface area contributed by atoms with Crippen molar-refractivity contribution in [2.24, 2.45) is 0 Å². The van der Waals surface area contributed by atoms with Gasteiger partial charge in [0.2, 0.25) is 0 Å². The third kappa shape index (κ3) is 6.16. The fraction of sp³-hybridized carbons (Fsp3) is 0.417. The van der Waals surface area contributed by atoms with Crippen molar-refractivity contribution < 1.29 is 26.7 Å². The summed E-state index contributed by atoms with van der Waals surface area (Å²) in [6.45, 7) is 0. The summed E-state index contributed by atoms with van der Waals surface area (Å²) in [5.41, 5.74) is 0.811. The van der Waals surface area contributed by atoms with E-state index in [0.717, 1.165) is 6.26 Å². The molecule has 1 N–H and O–H groups in total. The fourth-order valence-electron chi connectivity index (χ4n) is 1.62. The van der Waals surface area contributed by atoms with E-state index in [4.69, 9.17) is 5.11 Å². The summed E-state index contributed by atoms with van der Waals surface area (Å²) in [4.78, 5) is 10.7. The molecule has 1 aromatic carbocycles. The molecule has 0 heterocycles. The van der Waals surface area contributed by atoms with Crippen molar-refractivity contribution in [3.8, 4) is 0 Å². The molecule has 20 heavy (non-hydrogen) atoms. The third-order valence-corrected chi connectivity index (χ3v) is 5.38. The van der Waals surface area contributed by atoms with Crippen molar-refractivity contribution in [3.05, 3.63) is 35.4 Å². The van der Waals surface area contributed by atoms with Crippen LogP contribution in [-0.2, 0) is 36.6 Å². The van der Waals surface area contributed by atoms with Crippen LogP contribution in [0.1, 0.15) is 11.1 Å². The average molecular weight is 320 g/mol. The van der Waals surface area contributed by atoms with Gasteiger partial charge in [0.1, 0.15) is 9.84 Å². The molecule has 0 amide bonds. The molecule has 112 valence electrons. The first kappa shape index (κ1) is 16.6. The van der Waals surface area contributed by atoms with Gasteiger partial charge in [-0.05, 0) is 11.1 Å². The predicted molar refractivity (Wildman–Crippen MR) is 75.0 cm³/mol. The second-order valence-electron chi connectivity index (χ2n) is 4.56. The smallest absolute Gasteiger partial charge is 0.307 e. The predicted octanol–water partition coefficient (Wildman–Crippen LogP) is 0.273. The largest absolute Gasteiger partial charge is 0.481 e. The van der Waals surface area contributed by atoms with Crippen molar-refractivity contribution in [2.75, 3.05) is 17.8 Å². The second-order valence-corrected chi connectivity index (χ2v) is 9.00. The Morgan fingerprint density at radius 3 is 2.10 bits per heavy atom. The van der Waals surface area contributed by atoms with Gasteiger partial charge in [0.05, 0.1) is 23.7 Å². The quantitative estimate of drug-likeness (QED) is 0.773. The van der Waals surface area contributed by atoms with Crippen molar-refractivity contribution in [2.45, 2.75) is 12.2 Å². The van der Waals surface area contributed by atoms with Crippen LogP contribution in [0.5, 0.6) is 0 Å². The zero-order chi connectivity index (χ0) is 15.4. The Balaban J connectivity index is 2.89. The number of carbonyl (C=O) groups is 1. The minimum absolute atomic E-state index is 0.266. The van der Waals surface area contributed by atoms with Crippen LogP contribution in [0.25, 0.3) is 0 Å². The van der Waals surface area contributed by atoms with Gasteiger partial charge in [-0.1, -0.05) is 24.3 Å². The van der Waals surface area contributed by atoms with E-state index in [1.165, 1.54) is 6.07 Å². The first-order chi connectivity index (χ1) is 9.09. The van der Waals surface area contributed by atoms with E-state index in [1.54, 1.807) is 18.2 Å². The number of aliphatic carboxylic acids is 1. The van der Waals surface area contributed by atoms with Crippen LogP contribution >= 0.6 is 0 Å². The number of carboxylic acids is 1. The van der Waals surface area contributed by atoms with Gasteiger partial charge in [-0.25, -0.2) is 16.8 Å². The van der Waals surface area contributed by atoms with Crippen LogP contribution in [-0.4, -0.2) is 45.7 Å². The highest BCUT2D eigenvalue weighted by atomic mass is 32.2. The molecule has 0 spiro atoms. The first-order valence-corrected chi connectivity index (χ1v) is 9.64. The summed E-state index contributed by atoms with van der Waals surface area (Å²) < 4.78 is 45.7. The minimum Gasteiger partial charge on any atom is -0.481 e. The lowest BCUT2D eigenvalue weighted by atomic mass is 10.1. The number of hydrogen-bond acceptors (Lipinski definition) is 5. The lowest BCUT2D eigenvalue weighted by molar-refractivity contribution is -0.136. The molecule has 6 nitrogen and oxygen atoms in total. The molecule has 0 fully saturated rings. The standard InChI is InChI=1S/C12H16O6S2/c1-19(15,16)6-7-20(17,18)9-11-5-3-2-4-10(11)8-12(13)14/h2-5H,6-9H2,1H3,(H,13,14). The summed E-state index contributed by atoms with van der Waals surface area (Å²) in [5.74, 6) is -2.30. The maximum Gasteiger partial charge on any atom is 0.307 e. The Labute approximate surface area is 118 Å². The van der Waals surface area contributed by atoms with Crippen molar-refractivity contribution >= 4 is 25.6 Å². The van der Waals surface area contributed by atoms with Crippen molar-refractivity contribution in [1.82, 2.24) is 0 Å². The van der Waals surface area contributed by atoms with E-state index < -0.39 is 37.1 Å². The third-order valence-electron chi connectivity index (χ3n) is 2.60. The highest BCUT2D eigenvalue weighted by Gasteiger charge is 2.17. The Bertz CT molecular complexity index is 688. The maximum atomic E-state index is 11.9. The van der Waals surface area contributed by atoms with E-state index in [9.17, 15) is 21.6 Å². The van der Waals surface area contributed by atoms with Gasteiger partial charge < -0.3 is 5.11 Å². The minimum atomic E-state index is -3.60. The zero-order valence-electron chi connectivity index (χ0n) is 10.9. The van der Waals surface area contributed by atoms with Crippen LogP contribution in [0.15, 0.2) is 24.3 Å². The van der Waals surface area contributed by atoms with Gasteiger partial charge >= 0.3 is 5.97 Å². The molecule has 0 aromatic heterocycles. The van der Waals surface area contributed by atoms with E-state index in [2.05, 4.69) is 0 Å². The van der Waals surface area contributed by atoms with E-state index in [-0.39, 0.29) is 12.2 Å². The van der Waals surface area contributed by atoms with Crippen LogP contribution in [0, 0.1) is 0 Å². The SMILES string of the molecule is CS(=O)(=O)CCS(=O)(=O)Cc1ccccc1CC(=O)O. The van der Waals surface area contributed by atoms with E-state index >= 15 is 0 Å². The highest BCUT2D eigenvalue weighted by Crippen LogP contribution is 2.14. The molecule has 0 aliphatic rings. The molecule has 0 saturated heterocycles. The summed E-state index contributed by atoms with van der Waals surface area (Å²) in [6, 6.07) is 6.34. The number of benzene rings is 1. The molecule has 0 aliphatic heterocycles. The fourth-order valence-corrected chi connectivity index (χ4v) is 4.75. The zero-order valence-corrected chi connectivity index (χ0v) is 12.6. The average Bonchev–Trinajstić information content (AvgIpc) is 2.28. The summed E-state index contributed by atoms with van der Waals surface area (Å²) in [7, 11) is -6.95. The van der Waals surface area contributed by atoms with Gasteiger partial charge in [0.25, 0.3) is 0 Å². The maximum absolute atomic E-state index is 11.9. The normalized spacial score (nSPS) is 12.2. The van der Waals surface area contributed by atoms with Crippen LogP contribution in [0.4, 0.5) is 0 Å². The van der Waals surface area contributed by atoms with E-state index in [1.807, 2.05) is 0 Å². The van der Waals surface area contributed by atoms with Crippen LogP contribution in [0.2, 0.25) is 0 Å². The molecule has 0 aliphatic carbocycles. The Morgan fingerprint density at radius 1 is 1.05 bits per heavy atom. The molecule has 0 radical (unpaired) electrons. The lowest BCUT2D eigenvalue weighted by Gasteiger charge is -2.08. The van der Waals surface area contributed by atoms with Crippen LogP contribution in [0.3, 0.4) is 0 Å². The molecule has 1 aromatic rings. The van der Waals surface area contributed by atoms with Crippen LogP contribution < -0.4 is 0 Å². The highest BCUT2D eigenvalue weighted by molar-refractivity contribution is 7.94. The van der Waals surface area contributed by atoms with Gasteiger partial charge in [0.15, 0.2) is 9.84 Å². The van der Waals surface area contributed by atoms with Gasteiger partial charge in [0, 0.05) is 6.26 Å². The molecule has 0 atom stereocenters. The lowest BCUT2D eigenvalue weighted by Crippen LogP contribution is -2.18. The Hall–Kier alpha value is -1.41. The molecule has 0 bridgehead atoms. The van der Waals surface area contributed by atoms with Gasteiger partial charge in [-0.15, -0.1) is 0 Å². The monoisotopic (exact) mass is 320 g/mol. The van der Waals surface area contributed by atoms with Crippen molar-refractivity contribution in [1.29, 1.82) is 0 Å². The molecule has 0 saturated carbocycles. The summed E-state index contributed by atoms with van der Waals surface area (Å²) >= 11 is 0. The topological polar surface area (TPSA) is 106 Å². The number of hydrogen-bond donors (Lipinski definition) is 1. The van der Waals surface area contributed by atoms with E-state index in [0.29, 0.717) is 11.1 Å². The summed E-state index contributed by atoms with van der Waals surface area (Å²) in [5, 5.41) is 8.77.